The standard InChI is InChI=1S/C26H53/c1-5-9-12-14-16-19-23-26(21-17-11-7-3)24-25(20-8-4)22-18-15-13-10-6-2/h24-26H,5-23H2,1-4H3. The van der Waals surface area contributed by atoms with Gasteiger partial charge >= 0.3 is 0 Å². The Morgan fingerprint density at radius 1 is 0.385 bits per heavy atom. The molecule has 0 spiro atoms. The Morgan fingerprint density at radius 3 is 1.19 bits per heavy atom. The van der Waals surface area contributed by atoms with Gasteiger partial charge in [0.15, 0.2) is 0 Å². The summed E-state index contributed by atoms with van der Waals surface area (Å²) in [4.78, 5) is 0. The van der Waals surface area contributed by atoms with E-state index >= 15 is 0 Å². The lowest BCUT2D eigenvalue weighted by molar-refractivity contribution is 0.372. The molecule has 0 bridgehead atoms. The van der Waals surface area contributed by atoms with Crippen LogP contribution in [0.25, 0.3) is 0 Å². The van der Waals surface area contributed by atoms with E-state index < -0.39 is 0 Å². The first-order valence-electron chi connectivity index (χ1n) is 12.6. The molecule has 0 aromatic heterocycles. The molecule has 0 aromatic rings. The minimum absolute atomic E-state index is 0.897. The fourth-order valence-electron chi connectivity index (χ4n) is 4.28. The normalized spacial score (nSPS) is 13.8. The summed E-state index contributed by atoms with van der Waals surface area (Å²) in [6, 6.07) is 0. The lowest BCUT2D eigenvalue weighted by atomic mass is 9.82. The van der Waals surface area contributed by atoms with Crippen LogP contribution in [0, 0.1) is 18.3 Å². The molecule has 0 heterocycles. The number of hydrogen-bond acceptors (Lipinski definition) is 0. The predicted molar refractivity (Wildman–Crippen MR) is 122 cm³/mol. The monoisotopic (exact) mass is 365 g/mol. The van der Waals surface area contributed by atoms with E-state index in [0.717, 1.165) is 11.8 Å². The largest absolute Gasteiger partial charge is 0.0654 e. The van der Waals surface area contributed by atoms with Crippen LogP contribution < -0.4 is 0 Å². The molecule has 2 unspecified atom stereocenters. The van der Waals surface area contributed by atoms with Gasteiger partial charge in [-0.1, -0.05) is 150 Å². The van der Waals surface area contributed by atoms with Crippen LogP contribution in [-0.2, 0) is 0 Å². The Kier molecular flexibility index (Phi) is 21.3. The third-order valence-corrected chi connectivity index (χ3v) is 5.99. The molecule has 0 heteroatoms. The molecular weight excluding hydrogens is 312 g/mol. The topological polar surface area (TPSA) is 0 Å². The van der Waals surface area contributed by atoms with Crippen LogP contribution >= 0.6 is 0 Å². The maximum Gasteiger partial charge on any atom is -0.0324 e. The van der Waals surface area contributed by atoms with Gasteiger partial charge in [0, 0.05) is 0 Å². The molecule has 0 aliphatic rings. The molecule has 0 rings (SSSR count). The van der Waals surface area contributed by atoms with Crippen LogP contribution in [0.4, 0.5) is 0 Å². The average molecular weight is 366 g/mol. The van der Waals surface area contributed by atoms with Crippen molar-refractivity contribution < 1.29 is 0 Å². The van der Waals surface area contributed by atoms with Gasteiger partial charge in [-0.3, -0.25) is 0 Å². The minimum atomic E-state index is 0.897. The summed E-state index contributed by atoms with van der Waals surface area (Å²) in [6.45, 7) is 9.34. The van der Waals surface area contributed by atoms with Crippen molar-refractivity contribution in [3.63, 3.8) is 0 Å². The fraction of sp³-hybridized carbons (Fsp3) is 0.962. The van der Waals surface area contributed by atoms with Gasteiger partial charge in [0.2, 0.25) is 0 Å². The van der Waals surface area contributed by atoms with Crippen LogP contribution in [0.2, 0.25) is 0 Å². The first-order valence-corrected chi connectivity index (χ1v) is 12.6. The molecule has 0 fully saturated rings. The zero-order chi connectivity index (χ0) is 19.3. The second kappa shape index (κ2) is 21.3. The fourth-order valence-corrected chi connectivity index (χ4v) is 4.28. The molecule has 1 radical (unpaired) electrons. The molecule has 157 valence electrons. The van der Waals surface area contributed by atoms with E-state index in [1.165, 1.54) is 122 Å². The molecule has 0 nitrogen and oxygen atoms in total. The molecule has 26 heavy (non-hydrogen) atoms. The van der Waals surface area contributed by atoms with Gasteiger partial charge in [-0.25, -0.2) is 0 Å². The third kappa shape index (κ3) is 17.4. The second-order valence-corrected chi connectivity index (χ2v) is 8.76. The van der Waals surface area contributed by atoms with Crippen LogP contribution in [0.3, 0.4) is 0 Å². The Morgan fingerprint density at radius 2 is 0.731 bits per heavy atom. The second-order valence-electron chi connectivity index (χ2n) is 8.76. The summed E-state index contributed by atoms with van der Waals surface area (Å²) in [6.07, 6.45) is 30.0. The molecule has 0 amide bonds. The van der Waals surface area contributed by atoms with Crippen LogP contribution in [-0.4, -0.2) is 0 Å². The maximum absolute atomic E-state index is 2.82. The molecule has 2 atom stereocenters. The van der Waals surface area contributed by atoms with Crippen LogP contribution in [0.1, 0.15) is 150 Å². The van der Waals surface area contributed by atoms with E-state index in [-0.39, 0.29) is 0 Å². The Balaban J connectivity index is 4.18. The molecule has 0 aromatic carbocycles. The van der Waals surface area contributed by atoms with Crippen LogP contribution in [0.15, 0.2) is 0 Å². The highest BCUT2D eigenvalue weighted by Crippen LogP contribution is 2.29. The van der Waals surface area contributed by atoms with E-state index in [2.05, 4.69) is 34.1 Å². The van der Waals surface area contributed by atoms with Crippen molar-refractivity contribution in [2.45, 2.75) is 150 Å². The third-order valence-electron chi connectivity index (χ3n) is 5.99. The van der Waals surface area contributed by atoms with Crippen molar-refractivity contribution in [3.8, 4) is 0 Å². The number of hydrogen-bond donors (Lipinski definition) is 0. The van der Waals surface area contributed by atoms with E-state index in [4.69, 9.17) is 0 Å². The Hall–Kier alpha value is 0. The highest BCUT2D eigenvalue weighted by molar-refractivity contribution is 4.84. The quantitative estimate of drug-likeness (QED) is 0.177. The van der Waals surface area contributed by atoms with Gasteiger partial charge in [0.25, 0.3) is 0 Å². The van der Waals surface area contributed by atoms with E-state index in [1.54, 1.807) is 0 Å². The summed E-state index contributed by atoms with van der Waals surface area (Å²) in [5.41, 5.74) is 0. The molecule has 0 saturated heterocycles. The number of unbranched alkanes of at least 4 members (excludes halogenated alkanes) is 11. The first kappa shape index (κ1) is 26.0. The summed E-state index contributed by atoms with van der Waals surface area (Å²) in [5, 5.41) is 0. The minimum Gasteiger partial charge on any atom is -0.0654 e. The zero-order valence-electron chi connectivity index (χ0n) is 19.2. The molecular formula is C26H53. The molecule has 0 aliphatic carbocycles. The molecule has 0 aliphatic heterocycles. The Bertz CT molecular complexity index is 244. The lowest BCUT2D eigenvalue weighted by Gasteiger charge is -2.23. The smallest absolute Gasteiger partial charge is 0.0324 e. The number of rotatable bonds is 21. The highest BCUT2D eigenvalue weighted by Gasteiger charge is 2.16. The summed E-state index contributed by atoms with van der Waals surface area (Å²) >= 11 is 0. The van der Waals surface area contributed by atoms with Crippen LogP contribution in [0.5, 0.6) is 0 Å². The van der Waals surface area contributed by atoms with Gasteiger partial charge < -0.3 is 0 Å². The van der Waals surface area contributed by atoms with Crippen molar-refractivity contribution in [1.29, 1.82) is 0 Å². The van der Waals surface area contributed by atoms with Gasteiger partial charge in [-0.15, -0.1) is 0 Å². The predicted octanol–water partition coefficient (Wildman–Crippen LogP) is 9.91. The van der Waals surface area contributed by atoms with Crippen molar-refractivity contribution in [1.82, 2.24) is 0 Å². The summed E-state index contributed by atoms with van der Waals surface area (Å²) < 4.78 is 0. The highest BCUT2D eigenvalue weighted by atomic mass is 14.2. The van der Waals surface area contributed by atoms with Crippen molar-refractivity contribution in [2.75, 3.05) is 0 Å². The van der Waals surface area contributed by atoms with Gasteiger partial charge in [-0.05, 0) is 18.3 Å². The van der Waals surface area contributed by atoms with E-state index in [0.29, 0.717) is 0 Å². The zero-order valence-corrected chi connectivity index (χ0v) is 19.2. The van der Waals surface area contributed by atoms with Crippen molar-refractivity contribution in [2.24, 2.45) is 11.8 Å². The van der Waals surface area contributed by atoms with E-state index in [1.807, 2.05) is 0 Å². The average Bonchev–Trinajstić information content (AvgIpc) is 2.64. The van der Waals surface area contributed by atoms with E-state index in [9.17, 15) is 0 Å². The van der Waals surface area contributed by atoms with Crippen molar-refractivity contribution >= 4 is 0 Å². The summed E-state index contributed by atoms with van der Waals surface area (Å²) in [7, 11) is 0. The van der Waals surface area contributed by atoms with Crippen molar-refractivity contribution in [3.05, 3.63) is 6.42 Å². The lowest BCUT2D eigenvalue weighted by Crippen LogP contribution is -2.11. The molecule has 0 N–H and O–H groups in total. The SMILES string of the molecule is CCCCCCCCC([CH]C(CCC)CCCCCCC)CCCCC. The first-order chi connectivity index (χ1) is 12.8. The van der Waals surface area contributed by atoms with Gasteiger partial charge in [-0.2, -0.15) is 0 Å². The summed E-state index contributed by atoms with van der Waals surface area (Å²) in [5.74, 6) is 1.80. The van der Waals surface area contributed by atoms with Gasteiger partial charge in [0.1, 0.15) is 0 Å². The maximum atomic E-state index is 2.82. The molecule has 0 saturated carbocycles. The van der Waals surface area contributed by atoms with Gasteiger partial charge in [0.05, 0.1) is 0 Å². The Labute approximate surface area is 168 Å².